The first kappa shape index (κ1) is 27.7. The Balaban J connectivity index is 2.15. The van der Waals surface area contributed by atoms with E-state index in [9.17, 15) is 9.59 Å². The van der Waals surface area contributed by atoms with Crippen molar-refractivity contribution in [1.82, 2.24) is 0 Å². The van der Waals surface area contributed by atoms with E-state index in [1.165, 1.54) is 0 Å². The molecule has 0 N–H and O–H groups in total. The normalized spacial score (nSPS) is 10.4. The summed E-state index contributed by atoms with van der Waals surface area (Å²) in [6, 6.07) is 8.46. The highest BCUT2D eigenvalue weighted by Gasteiger charge is 2.15. The Kier molecular flexibility index (Phi) is 11.1. The van der Waals surface area contributed by atoms with Crippen LogP contribution in [0.3, 0.4) is 0 Å². The molecule has 0 amide bonds. The van der Waals surface area contributed by atoms with E-state index in [2.05, 4.69) is 51.3 Å². The van der Waals surface area contributed by atoms with Gasteiger partial charge in [0, 0.05) is 31.4 Å². The molecule has 0 heterocycles. The monoisotopic (exact) mass is 480 g/mol. The van der Waals surface area contributed by atoms with Crippen LogP contribution in [-0.4, -0.2) is 38.4 Å². The molecule has 0 aliphatic carbocycles. The van der Waals surface area contributed by atoms with Crippen LogP contribution in [0.1, 0.15) is 46.2 Å². The lowest BCUT2D eigenvalue weighted by atomic mass is 9.96. The first-order chi connectivity index (χ1) is 16.7. The second-order valence-corrected chi connectivity index (χ2v) is 8.46. The van der Waals surface area contributed by atoms with Crippen LogP contribution in [0.5, 0.6) is 11.5 Å². The minimum Gasteiger partial charge on any atom is -0.493 e. The summed E-state index contributed by atoms with van der Waals surface area (Å²) in [4.78, 5) is 22.4. The van der Waals surface area contributed by atoms with Crippen LogP contribution >= 0.6 is 0 Å². The third kappa shape index (κ3) is 8.96. The van der Waals surface area contributed by atoms with Crippen molar-refractivity contribution in [3.63, 3.8) is 0 Å². The molecule has 188 valence electrons. The second kappa shape index (κ2) is 14.0. The number of ether oxygens (including phenoxy) is 4. The molecule has 0 bridgehead atoms. The van der Waals surface area contributed by atoms with E-state index in [0.29, 0.717) is 32.5 Å². The average molecular weight is 481 g/mol. The summed E-state index contributed by atoms with van der Waals surface area (Å²) in [6.45, 7) is 16.4. The number of rotatable bonds is 14. The maximum absolute atomic E-state index is 11.2. The highest BCUT2D eigenvalue weighted by atomic mass is 16.5. The van der Waals surface area contributed by atoms with Gasteiger partial charge in [-0.3, -0.25) is 0 Å². The van der Waals surface area contributed by atoms with Gasteiger partial charge in [-0.05, 0) is 49.9 Å². The van der Waals surface area contributed by atoms with Crippen molar-refractivity contribution in [1.29, 1.82) is 0 Å². The standard InChI is InChI=1S/C29H36O6/c1-7-26(30)32-11-9-13-34-28-22(5)15-20(3)17-24(28)19-25-18-21(4)16-23(6)29(25)35-14-10-12-33-27(31)8-2/h7-8,15-18H,1-2,9-14,19H2,3-6H3. The molecule has 0 fully saturated rings. The largest absolute Gasteiger partial charge is 0.493 e. The number of carbonyl (C=O) groups is 2. The van der Waals surface area contributed by atoms with Crippen LogP contribution < -0.4 is 9.47 Å². The molecule has 2 aromatic rings. The molecule has 0 spiro atoms. The minimum absolute atomic E-state index is 0.280. The highest BCUT2D eigenvalue weighted by molar-refractivity contribution is 5.81. The van der Waals surface area contributed by atoms with E-state index in [-0.39, 0.29) is 13.2 Å². The Hall–Kier alpha value is -3.54. The van der Waals surface area contributed by atoms with Gasteiger partial charge in [0.2, 0.25) is 0 Å². The molecular weight excluding hydrogens is 444 g/mol. The summed E-state index contributed by atoms with van der Waals surface area (Å²) >= 11 is 0. The van der Waals surface area contributed by atoms with E-state index in [1.54, 1.807) is 0 Å². The fourth-order valence-corrected chi connectivity index (χ4v) is 3.90. The predicted molar refractivity (Wildman–Crippen MR) is 137 cm³/mol. The zero-order chi connectivity index (χ0) is 25.8. The molecule has 0 radical (unpaired) electrons. The topological polar surface area (TPSA) is 71.1 Å². The molecule has 0 aliphatic rings. The van der Waals surface area contributed by atoms with Crippen molar-refractivity contribution in [3.8, 4) is 11.5 Å². The Labute approximate surface area is 208 Å². The van der Waals surface area contributed by atoms with E-state index in [1.807, 2.05) is 13.8 Å². The van der Waals surface area contributed by atoms with Gasteiger partial charge in [-0.25, -0.2) is 9.59 Å². The maximum Gasteiger partial charge on any atom is 0.330 e. The first-order valence-corrected chi connectivity index (χ1v) is 11.8. The number of carbonyl (C=O) groups excluding carboxylic acids is 2. The lowest BCUT2D eigenvalue weighted by Gasteiger charge is -2.19. The van der Waals surface area contributed by atoms with Gasteiger partial charge in [0.25, 0.3) is 0 Å². The van der Waals surface area contributed by atoms with Gasteiger partial charge in [0.1, 0.15) is 11.5 Å². The average Bonchev–Trinajstić information content (AvgIpc) is 2.80. The SMILES string of the molecule is C=CC(=O)OCCCOc1c(C)cc(C)cc1Cc1cc(C)cc(C)c1OCCCOC(=O)C=C. The van der Waals surface area contributed by atoms with Crippen LogP contribution in [0.4, 0.5) is 0 Å². The molecule has 2 aromatic carbocycles. The molecule has 6 heteroatoms. The van der Waals surface area contributed by atoms with E-state index >= 15 is 0 Å². The molecule has 0 saturated heterocycles. The first-order valence-electron chi connectivity index (χ1n) is 11.8. The van der Waals surface area contributed by atoms with Crippen LogP contribution in [0.2, 0.25) is 0 Å². The van der Waals surface area contributed by atoms with Crippen molar-refractivity contribution >= 4 is 11.9 Å². The molecule has 2 rings (SSSR count). The molecular formula is C29H36O6. The van der Waals surface area contributed by atoms with Gasteiger partial charge in [-0.15, -0.1) is 0 Å². The lowest BCUT2D eigenvalue weighted by Crippen LogP contribution is -2.10. The summed E-state index contributed by atoms with van der Waals surface area (Å²) < 4.78 is 22.4. The number of aryl methyl sites for hydroxylation is 4. The van der Waals surface area contributed by atoms with Crippen LogP contribution in [0.15, 0.2) is 49.6 Å². The smallest absolute Gasteiger partial charge is 0.330 e. The van der Waals surface area contributed by atoms with Crippen molar-refractivity contribution in [2.75, 3.05) is 26.4 Å². The summed E-state index contributed by atoms with van der Waals surface area (Å²) in [7, 11) is 0. The summed E-state index contributed by atoms with van der Waals surface area (Å²) in [5.41, 5.74) is 6.56. The zero-order valence-corrected chi connectivity index (χ0v) is 21.3. The fraction of sp³-hybridized carbons (Fsp3) is 0.379. The van der Waals surface area contributed by atoms with Gasteiger partial charge in [-0.1, -0.05) is 48.6 Å². The Morgan fingerprint density at radius 3 is 1.46 bits per heavy atom. The number of hydrogen-bond donors (Lipinski definition) is 0. The van der Waals surface area contributed by atoms with Gasteiger partial charge in [0.05, 0.1) is 26.4 Å². The lowest BCUT2D eigenvalue weighted by molar-refractivity contribution is -0.138. The van der Waals surface area contributed by atoms with Crippen molar-refractivity contribution < 1.29 is 28.5 Å². The molecule has 0 aliphatic heterocycles. The summed E-state index contributed by atoms with van der Waals surface area (Å²) in [5, 5.41) is 0. The maximum atomic E-state index is 11.2. The Morgan fingerprint density at radius 1 is 0.686 bits per heavy atom. The summed E-state index contributed by atoms with van der Waals surface area (Å²) in [5.74, 6) is 0.816. The molecule has 0 unspecified atom stereocenters. The van der Waals surface area contributed by atoms with Gasteiger partial charge >= 0.3 is 11.9 Å². The van der Waals surface area contributed by atoms with Crippen LogP contribution in [0, 0.1) is 27.7 Å². The van der Waals surface area contributed by atoms with Crippen molar-refractivity contribution in [2.24, 2.45) is 0 Å². The number of esters is 2. The highest BCUT2D eigenvalue weighted by Crippen LogP contribution is 2.33. The zero-order valence-electron chi connectivity index (χ0n) is 21.3. The van der Waals surface area contributed by atoms with Crippen LogP contribution in [0.25, 0.3) is 0 Å². The molecule has 0 aromatic heterocycles. The second-order valence-electron chi connectivity index (χ2n) is 8.46. The predicted octanol–water partition coefficient (Wildman–Crippen LogP) is 5.51. The van der Waals surface area contributed by atoms with Crippen molar-refractivity contribution in [2.45, 2.75) is 47.0 Å². The molecule has 6 nitrogen and oxygen atoms in total. The molecule has 35 heavy (non-hydrogen) atoms. The number of hydrogen-bond acceptors (Lipinski definition) is 6. The minimum atomic E-state index is -0.432. The molecule has 0 saturated carbocycles. The third-order valence-corrected chi connectivity index (χ3v) is 5.26. The van der Waals surface area contributed by atoms with E-state index in [0.717, 1.165) is 57.0 Å². The Morgan fingerprint density at radius 2 is 1.09 bits per heavy atom. The third-order valence-electron chi connectivity index (χ3n) is 5.26. The van der Waals surface area contributed by atoms with Crippen LogP contribution in [-0.2, 0) is 25.5 Å². The van der Waals surface area contributed by atoms with E-state index in [4.69, 9.17) is 18.9 Å². The van der Waals surface area contributed by atoms with E-state index < -0.39 is 11.9 Å². The number of benzene rings is 2. The quantitative estimate of drug-likeness (QED) is 0.202. The van der Waals surface area contributed by atoms with Gasteiger partial charge < -0.3 is 18.9 Å². The summed E-state index contributed by atoms with van der Waals surface area (Å²) in [6.07, 6.45) is 4.12. The van der Waals surface area contributed by atoms with Gasteiger partial charge in [0.15, 0.2) is 0 Å². The van der Waals surface area contributed by atoms with Gasteiger partial charge in [-0.2, -0.15) is 0 Å². The molecule has 0 atom stereocenters. The fourth-order valence-electron chi connectivity index (χ4n) is 3.90. The Bertz CT molecular complexity index is 970. The van der Waals surface area contributed by atoms with Crippen molar-refractivity contribution in [3.05, 3.63) is 83.0 Å².